The third kappa shape index (κ3) is 3.11. The smallest absolute Gasteiger partial charge is 0.332 e. The van der Waals surface area contributed by atoms with E-state index in [1.807, 2.05) is 6.92 Å². The van der Waals surface area contributed by atoms with Crippen molar-refractivity contribution >= 4 is 11.6 Å². The molecule has 0 unspecified atom stereocenters. The summed E-state index contributed by atoms with van der Waals surface area (Å²) in [6, 6.07) is 0. The molecule has 0 saturated heterocycles. The van der Waals surface area contributed by atoms with Gasteiger partial charge >= 0.3 is 5.69 Å². The zero-order valence-corrected chi connectivity index (χ0v) is 11.5. The predicted octanol–water partition coefficient (Wildman–Crippen LogP) is -0.761. The number of rotatable bonds is 6. The number of ketones is 1. The maximum atomic E-state index is 12.0. The van der Waals surface area contributed by atoms with Crippen molar-refractivity contribution in [2.45, 2.75) is 19.8 Å². The van der Waals surface area contributed by atoms with Gasteiger partial charge in [-0.2, -0.15) is 0 Å². The fraction of sp³-hybridized carbons (Fsp3) is 0.583. The molecule has 0 atom stereocenters. The summed E-state index contributed by atoms with van der Waals surface area (Å²) in [7, 11) is 2.75. The molecule has 19 heavy (non-hydrogen) atoms. The first-order chi connectivity index (χ1) is 8.91. The molecular weight excluding hydrogens is 248 g/mol. The first kappa shape index (κ1) is 15.2. The van der Waals surface area contributed by atoms with Crippen molar-refractivity contribution in [1.82, 2.24) is 14.5 Å². The Morgan fingerprint density at radius 3 is 2.47 bits per heavy atom. The summed E-state index contributed by atoms with van der Waals surface area (Å²) in [5, 5.41) is 2.95. The van der Waals surface area contributed by atoms with Crippen LogP contribution in [-0.4, -0.2) is 28.0 Å². The number of carbonyl (C=O) groups is 1. The Morgan fingerprint density at radius 2 is 1.89 bits per heavy atom. The van der Waals surface area contributed by atoms with Gasteiger partial charge in [0.1, 0.15) is 11.4 Å². The van der Waals surface area contributed by atoms with Crippen molar-refractivity contribution < 1.29 is 4.79 Å². The molecule has 0 saturated carbocycles. The number of aromatic nitrogens is 2. The van der Waals surface area contributed by atoms with Gasteiger partial charge in [0.2, 0.25) is 0 Å². The SMILES string of the molecule is CCCCNCC(=O)c1c(N)n(C)c(=O)n(C)c1=O. The molecule has 3 N–H and O–H groups in total. The number of carbonyl (C=O) groups excluding carboxylic acids is 1. The Hall–Kier alpha value is -1.89. The number of anilines is 1. The second kappa shape index (κ2) is 6.33. The summed E-state index contributed by atoms with van der Waals surface area (Å²) >= 11 is 0. The Balaban J connectivity index is 3.04. The molecule has 7 nitrogen and oxygen atoms in total. The molecule has 0 fully saturated rings. The summed E-state index contributed by atoms with van der Waals surface area (Å²) < 4.78 is 1.98. The molecule has 106 valence electrons. The molecule has 0 radical (unpaired) electrons. The van der Waals surface area contributed by atoms with Crippen LogP contribution in [0.15, 0.2) is 9.59 Å². The number of hydrogen-bond acceptors (Lipinski definition) is 5. The first-order valence-electron chi connectivity index (χ1n) is 6.21. The van der Waals surface area contributed by atoms with Crippen molar-refractivity contribution in [3.63, 3.8) is 0 Å². The van der Waals surface area contributed by atoms with E-state index < -0.39 is 17.0 Å². The van der Waals surface area contributed by atoms with E-state index in [0.717, 1.165) is 22.0 Å². The molecule has 1 rings (SSSR count). The molecule has 0 aliphatic rings. The molecule has 7 heteroatoms. The van der Waals surface area contributed by atoms with E-state index in [9.17, 15) is 14.4 Å². The zero-order chi connectivity index (χ0) is 14.6. The van der Waals surface area contributed by atoms with Crippen molar-refractivity contribution in [2.24, 2.45) is 14.1 Å². The molecule has 1 heterocycles. The molecular formula is C12H20N4O3. The largest absolute Gasteiger partial charge is 0.384 e. The summed E-state index contributed by atoms with van der Waals surface area (Å²) in [4.78, 5) is 35.5. The number of unbranched alkanes of at least 4 members (excludes halogenated alkanes) is 1. The zero-order valence-electron chi connectivity index (χ0n) is 11.5. The summed E-state index contributed by atoms with van der Waals surface area (Å²) in [5.74, 6) is -0.486. The summed E-state index contributed by atoms with van der Waals surface area (Å²) in [6.07, 6.45) is 1.97. The molecule has 0 aromatic carbocycles. The van der Waals surface area contributed by atoms with Crippen LogP contribution >= 0.6 is 0 Å². The number of nitrogens with zero attached hydrogens (tertiary/aromatic N) is 2. The molecule has 0 spiro atoms. The molecule has 0 aliphatic carbocycles. The molecule has 1 aromatic rings. The maximum absolute atomic E-state index is 12.0. The second-order valence-corrected chi connectivity index (χ2v) is 4.42. The Bertz CT molecular complexity index is 586. The quantitative estimate of drug-likeness (QED) is 0.522. The lowest BCUT2D eigenvalue weighted by molar-refractivity contribution is 0.0989. The van der Waals surface area contributed by atoms with Crippen LogP contribution < -0.4 is 22.3 Å². The topological polar surface area (TPSA) is 99.1 Å². The van der Waals surface area contributed by atoms with Crippen LogP contribution in [-0.2, 0) is 14.1 Å². The number of nitrogen functional groups attached to an aromatic ring is 1. The molecule has 0 aliphatic heterocycles. The van der Waals surface area contributed by atoms with Crippen LogP contribution in [0.4, 0.5) is 5.82 Å². The van der Waals surface area contributed by atoms with E-state index >= 15 is 0 Å². The lowest BCUT2D eigenvalue weighted by Gasteiger charge is -2.11. The van der Waals surface area contributed by atoms with Gasteiger partial charge in [-0.25, -0.2) is 4.79 Å². The van der Waals surface area contributed by atoms with Gasteiger partial charge in [-0.3, -0.25) is 18.7 Å². The van der Waals surface area contributed by atoms with Crippen LogP contribution in [0, 0.1) is 0 Å². The highest BCUT2D eigenvalue weighted by atomic mass is 16.2. The van der Waals surface area contributed by atoms with E-state index in [1.165, 1.54) is 14.1 Å². The monoisotopic (exact) mass is 268 g/mol. The highest BCUT2D eigenvalue weighted by Crippen LogP contribution is 2.03. The van der Waals surface area contributed by atoms with Gasteiger partial charge in [0.25, 0.3) is 5.56 Å². The van der Waals surface area contributed by atoms with E-state index in [2.05, 4.69) is 5.32 Å². The highest BCUT2D eigenvalue weighted by Gasteiger charge is 2.19. The van der Waals surface area contributed by atoms with E-state index in [1.54, 1.807) is 0 Å². The van der Waals surface area contributed by atoms with Gasteiger partial charge < -0.3 is 11.1 Å². The van der Waals surface area contributed by atoms with Gasteiger partial charge in [-0.15, -0.1) is 0 Å². The van der Waals surface area contributed by atoms with E-state index in [0.29, 0.717) is 6.54 Å². The fourth-order valence-corrected chi connectivity index (χ4v) is 1.71. The van der Waals surface area contributed by atoms with Crippen molar-refractivity contribution in [3.05, 3.63) is 26.4 Å². The standard InChI is InChI=1S/C12H20N4O3/c1-4-5-6-14-7-8(17)9-10(13)15(2)12(19)16(3)11(9)18/h14H,4-7,13H2,1-3H3. The number of hydrogen-bond donors (Lipinski definition) is 2. The minimum absolute atomic E-state index is 0.0393. The molecule has 1 aromatic heterocycles. The number of nitrogens with two attached hydrogens (primary N) is 1. The molecule has 0 bridgehead atoms. The van der Waals surface area contributed by atoms with Crippen molar-refractivity contribution in [2.75, 3.05) is 18.8 Å². The van der Waals surface area contributed by atoms with Crippen LogP contribution in [0.25, 0.3) is 0 Å². The average Bonchev–Trinajstić information content (AvgIpc) is 2.39. The normalized spacial score (nSPS) is 10.7. The van der Waals surface area contributed by atoms with Crippen LogP contribution in [0.5, 0.6) is 0 Å². The van der Waals surface area contributed by atoms with Gasteiger partial charge in [-0.1, -0.05) is 13.3 Å². The minimum Gasteiger partial charge on any atom is -0.384 e. The van der Waals surface area contributed by atoms with Crippen LogP contribution in [0.3, 0.4) is 0 Å². The Kier molecular flexibility index (Phi) is 5.05. The lowest BCUT2D eigenvalue weighted by Crippen LogP contribution is -2.42. The second-order valence-electron chi connectivity index (χ2n) is 4.42. The number of Topliss-reactive ketones (excluding diaryl/α,β-unsaturated/α-hetero) is 1. The fourth-order valence-electron chi connectivity index (χ4n) is 1.71. The van der Waals surface area contributed by atoms with E-state index in [4.69, 9.17) is 5.73 Å². The lowest BCUT2D eigenvalue weighted by atomic mass is 10.2. The highest BCUT2D eigenvalue weighted by molar-refractivity contribution is 6.01. The van der Waals surface area contributed by atoms with Crippen LogP contribution in [0.1, 0.15) is 30.1 Å². The van der Waals surface area contributed by atoms with Gasteiger partial charge in [0.05, 0.1) is 6.54 Å². The third-order valence-electron chi connectivity index (χ3n) is 2.98. The Labute approximate surface area is 111 Å². The Morgan fingerprint density at radius 1 is 1.26 bits per heavy atom. The third-order valence-corrected chi connectivity index (χ3v) is 2.98. The maximum Gasteiger partial charge on any atom is 0.332 e. The molecule has 0 amide bonds. The average molecular weight is 268 g/mol. The van der Waals surface area contributed by atoms with Crippen molar-refractivity contribution in [3.8, 4) is 0 Å². The van der Waals surface area contributed by atoms with Crippen molar-refractivity contribution in [1.29, 1.82) is 0 Å². The number of nitrogens with one attached hydrogen (secondary N) is 1. The van der Waals surface area contributed by atoms with Gasteiger partial charge in [0.15, 0.2) is 5.78 Å². The summed E-state index contributed by atoms with van der Waals surface area (Å²) in [5.41, 5.74) is 4.36. The minimum atomic E-state index is -0.650. The van der Waals surface area contributed by atoms with Gasteiger partial charge in [-0.05, 0) is 13.0 Å². The van der Waals surface area contributed by atoms with E-state index in [-0.39, 0.29) is 17.9 Å². The predicted molar refractivity (Wildman–Crippen MR) is 73.4 cm³/mol. The van der Waals surface area contributed by atoms with Crippen LogP contribution in [0.2, 0.25) is 0 Å². The summed E-state index contributed by atoms with van der Waals surface area (Å²) in [6.45, 7) is 2.79. The first-order valence-corrected chi connectivity index (χ1v) is 6.21. The van der Waals surface area contributed by atoms with Gasteiger partial charge in [0, 0.05) is 14.1 Å².